The van der Waals surface area contributed by atoms with Crippen LogP contribution in [-0.2, 0) is 10.2 Å². The van der Waals surface area contributed by atoms with Gasteiger partial charge in [-0.25, -0.2) is 0 Å². The van der Waals surface area contributed by atoms with E-state index in [1.54, 1.807) is 49.6 Å². The lowest BCUT2D eigenvalue weighted by Gasteiger charge is -2.38. The standard InChI is InChI=1S/C37H32N2O5/c1-3-22-44-30-15-9-6-12-27(30)34(41)32-31(33(40)24-16-18-25(43-2)19-17-24)37(28-13-7-8-14-29(28)38-36(37)42)35-26-11-5-4-10-23(26)20-21-39(32)35/h4-21,31-32,35H,3,22H2,1-2H3,(H,38,42)/t31-,32+,35+,37-/m1/s1. The Hall–Kier alpha value is -5.17. The first-order chi connectivity index (χ1) is 21.5. The molecule has 0 aromatic heterocycles. The maximum atomic E-state index is 15.0. The summed E-state index contributed by atoms with van der Waals surface area (Å²) in [7, 11) is 1.57. The number of rotatable bonds is 8. The largest absolute Gasteiger partial charge is 0.497 e. The number of Topliss-reactive ketones (excluding diaryl/α,β-unsaturated/α-hetero) is 2. The number of anilines is 1. The first kappa shape index (κ1) is 27.7. The zero-order valence-electron chi connectivity index (χ0n) is 24.5. The third kappa shape index (κ3) is 3.99. The first-order valence-corrected chi connectivity index (χ1v) is 14.9. The van der Waals surface area contributed by atoms with E-state index in [9.17, 15) is 14.4 Å². The van der Waals surface area contributed by atoms with Gasteiger partial charge in [0.05, 0.1) is 31.2 Å². The van der Waals surface area contributed by atoms with E-state index in [1.165, 1.54) is 0 Å². The molecule has 1 spiro atoms. The second kappa shape index (κ2) is 10.8. The Balaban J connectivity index is 1.50. The highest BCUT2D eigenvalue weighted by Crippen LogP contribution is 2.62. The molecular formula is C37H32N2O5. The van der Waals surface area contributed by atoms with Gasteiger partial charge in [0.1, 0.15) is 23.0 Å². The number of nitrogens with zero attached hydrogens (tertiary/aromatic N) is 1. The van der Waals surface area contributed by atoms with Crippen LogP contribution in [-0.4, -0.2) is 42.1 Å². The van der Waals surface area contributed by atoms with Crippen LogP contribution in [0.4, 0.5) is 5.69 Å². The second-order valence-electron chi connectivity index (χ2n) is 11.4. The number of ketones is 2. The minimum Gasteiger partial charge on any atom is -0.497 e. The SMILES string of the molecule is CCCOc1ccccc1C(=O)[C@@H]1[C@H](C(=O)c2ccc(OC)cc2)[C@@]2(C(=O)Nc3ccccc32)[C@@H]2c3ccccc3C=CN12. The van der Waals surface area contributed by atoms with Crippen molar-refractivity contribution < 1.29 is 23.9 Å². The molecule has 4 aromatic rings. The predicted molar refractivity (Wildman–Crippen MR) is 168 cm³/mol. The number of amides is 1. The average Bonchev–Trinajstić information content (AvgIpc) is 3.55. The Morgan fingerprint density at radius 1 is 0.886 bits per heavy atom. The predicted octanol–water partition coefficient (Wildman–Crippen LogP) is 6.47. The quantitative estimate of drug-likeness (QED) is 0.239. The number of methoxy groups -OCH3 is 1. The zero-order chi connectivity index (χ0) is 30.4. The maximum Gasteiger partial charge on any atom is 0.238 e. The van der Waals surface area contributed by atoms with Gasteiger partial charge in [0, 0.05) is 17.5 Å². The van der Waals surface area contributed by atoms with Crippen molar-refractivity contribution in [2.45, 2.75) is 30.8 Å². The number of hydrogen-bond donors (Lipinski definition) is 1. The highest BCUT2D eigenvalue weighted by Gasteiger charge is 2.70. The van der Waals surface area contributed by atoms with E-state index in [4.69, 9.17) is 9.47 Å². The molecule has 0 radical (unpaired) electrons. The Labute approximate surface area is 256 Å². The van der Waals surface area contributed by atoms with Gasteiger partial charge in [0.25, 0.3) is 0 Å². The topological polar surface area (TPSA) is 84.9 Å². The van der Waals surface area contributed by atoms with Crippen LogP contribution in [0.3, 0.4) is 0 Å². The number of ether oxygens (including phenoxy) is 2. The van der Waals surface area contributed by atoms with E-state index in [2.05, 4.69) is 5.32 Å². The minimum absolute atomic E-state index is 0.272. The van der Waals surface area contributed by atoms with Crippen molar-refractivity contribution in [3.63, 3.8) is 0 Å². The number of carbonyl (C=O) groups excluding carboxylic acids is 3. The number of nitrogens with one attached hydrogen (secondary N) is 1. The number of para-hydroxylation sites is 2. The lowest BCUT2D eigenvalue weighted by molar-refractivity contribution is -0.122. The van der Waals surface area contributed by atoms with E-state index in [0.29, 0.717) is 40.5 Å². The maximum absolute atomic E-state index is 15.0. The molecule has 0 bridgehead atoms. The monoisotopic (exact) mass is 584 g/mol. The smallest absolute Gasteiger partial charge is 0.238 e. The van der Waals surface area contributed by atoms with Gasteiger partial charge in [-0.1, -0.05) is 61.5 Å². The second-order valence-corrected chi connectivity index (χ2v) is 11.4. The van der Waals surface area contributed by atoms with Crippen LogP contribution in [0, 0.1) is 5.92 Å². The van der Waals surface area contributed by atoms with Crippen LogP contribution in [0.15, 0.2) is 103 Å². The van der Waals surface area contributed by atoms with Crippen molar-refractivity contribution in [3.8, 4) is 11.5 Å². The van der Waals surface area contributed by atoms with Crippen LogP contribution in [0.5, 0.6) is 11.5 Å². The van der Waals surface area contributed by atoms with Gasteiger partial charge in [0.2, 0.25) is 5.91 Å². The molecule has 0 saturated carbocycles. The zero-order valence-corrected chi connectivity index (χ0v) is 24.5. The normalized spacial score (nSPS) is 22.6. The fourth-order valence-corrected chi connectivity index (χ4v) is 7.27. The first-order valence-electron chi connectivity index (χ1n) is 14.9. The molecule has 4 atom stereocenters. The van der Waals surface area contributed by atoms with Gasteiger partial charge < -0.3 is 19.7 Å². The minimum atomic E-state index is -1.39. The molecule has 7 heteroatoms. The summed E-state index contributed by atoms with van der Waals surface area (Å²) in [6.45, 7) is 2.45. The third-order valence-electron chi connectivity index (χ3n) is 9.11. The fourth-order valence-electron chi connectivity index (χ4n) is 7.27. The Morgan fingerprint density at radius 3 is 2.41 bits per heavy atom. The fraction of sp³-hybridized carbons (Fsp3) is 0.216. The third-order valence-corrected chi connectivity index (χ3v) is 9.11. The van der Waals surface area contributed by atoms with Crippen LogP contribution in [0.2, 0.25) is 0 Å². The van der Waals surface area contributed by atoms with E-state index < -0.39 is 23.4 Å². The summed E-state index contributed by atoms with van der Waals surface area (Å²) >= 11 is 0. The van der Waals surface area contributed by atoms with E-state index in [-0.39, 0.29) is 17.5 Å². The molecule has 7 nitrogen and oxygen atoms in total. The molecule has 1 saturated heterocycles. The van der Waals surface area contributed by atoms with E-state index in [0.717, 1.165) is 17.5 Å². The molecule has 3 aliphatic heterocycles. The lowest BCUT2D eigenvalue weighted by Crippen LogP contribution is -2.49. The molecule has 1 fully saturated rings. The Bertz CT molecular complexity index is 1810. The molecule has 1 amide bonds. The molecule has 44 heavy (non-hydrogen) atoms. The molecule has 7 rings (SSSR count). The van der Waals surface area contributed by atoms with Crippen LogP contribution < -0.4 is 14.8 Å². The van der Waals surface area contributed by atoms with Gasteiger partial charge >= 0.3 is 0 Å². The Morgan fingerprint density at radius 2 is 1.61 bits per heavy atom. The van der Waals surface area contributed by atoms with Gasteiger partial charge in [-0.15, -0.1) is 0 Å². The van der Waals surface area contributed by atoms with Gasteiger partial charge in [-0.05, 0) is 71.7 Å². The van der Waals surface area contributed by atoms with Gasteiger partial charge in [0.15, 0.2) is 11.6 Å². The molecule has 3 heterocycles. The number of benzene rings is 4. The molecule has 0 aliphatic carbocycles. The molecule has 3 aliphatic rings. The summed E-state index contributed by atoms with van der Waals surface area (Å²) in [4.78, 5) is 46.5. The van der Waals surface area contributed by atoms with Gasteiger partial charge in [-0.2, -0.15) is 0 Å². The summed E-state index contributed by atoms with van der Waals surface area (Å²) in [5.74, 6) is -0.846. The van der Waals surface area contributed by atoms with Crippen LogP contribution >= 0.6 is 0 Å². The highest BCUT2D eigenvalue weighted by atomic mass is 16.5. The van der Waals surface area contributed by atoms with Crippen LogP contribution in [0.1, 0.15) is 56.8 Å². The number of carbonyl (C=O) groups is 3. The summed E-state index contributed by atoms with van der Waals surface area (Å²) in [6, 6.07) is 27.8. The summed E-state index contributed by atoms with van der Waals surface area (Å²) in [5.41, 5.74) is 2.58. The highest BCUT2D eigenvalue weighted by molar-refractivity contribution is 6.17. The van der Waals surface area contributed by atoms with Crippen molar-refractivity contribution in [2.24, 2.45) is 5.92 Å². The Kier molecular flexibility index (Phi) is 6.81. The number of hydrogen-bond acceptors (Lipinski definition) is 6. The van der Waals surface area contributed by atoms with Crippen LogP contribution in [0.25, 0.3) is 6.08 Å². The molecule has 220 valence electrons. The van der Waals surface area contributed by atoms with Crippen molar-refractivity contribution in [1.82, 2.24) is 4.90 Å². The molecule has 0 unspecified atom stereocenters. The van der Waals surface area contributed by atoms with Crippen molar-refractivity contribution in [1.29, 1.82) is 0 Å². The number of fused-ring (bicyclic) bond motifs is 6. The summed E-state index contributed by atoms with van der Waals surface area (Å²) < 4.78 is 11.4. The average molecular weight is 585 g/mol. The van der Waals surface area contributed by atoms with Gasteiger partial charge in [-0.3, -0.25) is 14.4 Å². The van der Waals surface area contributed by atoms with Crippen molar-refractivity contribution >= 4 is 29.2 Å². The molecule has 4 aromatic carbocycles. The van der Waals surface area contributed by atoms with Crippen molar-refractivity contribution in [3.05, 3.63) is 131 Å². The molecule has 1 N–H and O–H groups in total. The summed E-state index contributed by atoms with van der Waals surface area (Å²) in [6.07, 6.45) is 4.61. The summed E-state index contributed by atoms with van der Waals surface area (Å²) in [5, 5.41) is 3.09. The molecular weight excluding hydrogens is 552 g/mol. The van der Waals surface area contributed by atoms with E-state index >= 15 is 0 Å². The van der Waals surface area contributed by atoms with E-state index in [1.807, 2.05) is 78.7 Å². The van der Waals surface area contributed by atoms with Crippen molar-refractivity contribution in [2.75, 3.05) is 19.0 Å². The lowest BCUT2D eigenvalue weighted by atomic mass is 9.62.